The molecular formula is C28H24F5N3O. The topological polar surface area (TPSA) is 37.4 Å². The molecule has 4 aliphatic rings. The number of nitrogens with zero attached hydrogens (tertiary/aromatic N) is 2. The highest BCUT2D eigenvalue weighted by molar-refractivity contribution is 5.72. The number of pyridine rings is 1. The Bertz CT molecular complexity index is 1410. The third kappa shape index (κ3) is 3.86. The maximum Gasteiger partial charge on any atom is 0.417 e. The van der Waals surface area contributed by atoms with E-state index in [-0.39, 0.29) is 23.1 Å². The zero-order chi connectivity index (χ0) is 25.5. The van der Waals surface area contributed by atoms with Crippen LogP contribution in [-0.2, 0) is 19.2 Å². The molecule has 2 aliphatic carbocycles. The second kappa shape index (κ2) is 7.90. The van der Waals surface area contributed by atoms with E-state index in [1.807, 2.05) is 11.0 Å². The number of fused-ring (bicyclic) bond motifs is 3. The normalized spacial score (nSPS) is 22.8. The predicted molar refractivity (Wildman–Crippen MR) is 127 cm³/mol. The SMILES string of the molecule is Fc1cc(C(F)(F)F)c(-c2ccc(N3CC4(CNC4)C3)cc2F)cc1COc1cc2c(cn1)C1CC1C2. The summed E-state index contributed by atoms with van der Waals surface area (Å²) in [6.07, 6.45) is -0.941. The van der Waals surface area contributed by atoms with Gasteiger partial charge in [0, 0.05) is 60.7 Å². The van der Waals surface area contributed by atoms with Gasteiger partial charge in [0.25, 0.3) is 0 Å². The van der Waals surface area contributed by atoms with E-state index in [0.717, 1.165) is 44.2 Å². The Hall–Kier alpha value is -3.20. The first-order valence-electron chi connectivity index (χ1n) is 12.5. The van der Waals surface area contributed by atoms with Crippen LogP contribution in [0.1, 0.15) is 34.6 Å². The highest BCUT2D eigenvalue weighted by atomic mass is 19.4. The molecule has 4 nitrogen and oxygen atoms in total. The largest absolute Gasteiger partial charge is 0.473 e. The number of aromatic nitrogens is 1. The predicted octanol–water partition coefficient (Wildman–Crippen LogP) is 5.69. The number of nitrogens with one attached hydrogen (secondary N) is 1. The summed E-state index contributed by atoms with van der Waals surface area (Å²) in [5.41, 5.74) is 1.25. The first kappa shape index (κ1) is 23.0. The van der Waals surface area contributed by atoms with Crippen molar-refractivity contribution in [3.05, 3.63) is 76.5 Å². The minimum absolute atomic E-state index is 0.0983. The number of ether oxygens (including phenoxy) is 1. The molecule has 9 heteroatoms. The molecule has 0 radical (unpaired) electrons. The fraction of sp³-hybridized carbons (Fsp3) is 0.393. The molecule has 2 aromatic carbocycles. The van der Waals surface area contributed by atoms with Crippen molar-refractivity contribution in [2.45, 2.75) is 31.5 Å². The molecule has 3 heterocycles. The van der Waals surface area contributed by atoms with Crippen molar-refractivity contribution >= 4 is 5.69 Å². The highest BCUT2D eigenvalue weighted by Gasteiger charge is 2.48. The fourth-order valence-electron chi connectivity index (χ4n) is 6.12. The van der Waals surface area contributed by atoms with Crippen LogP contribution >= 0.6 is 0 Å². The number of anilines is 1. The van der Waals surface area contributed by atoms with Gasteiger partial charge in [-0.05, 0) is 71.7 Å². The van der Waals surface area contributed by atoms with Crippen molar-refractivity contribution in [1.82, 2.24) is 10.3 Å². The molecule has 2 saturated heterocycles. The van der Waals surface area contributed by atoms with Crippen LogP contribution in [0, 0.1) is 23.0 Å². The van der Waals surface area contributed by atoms with E-state index in [2.05, 4.69) is 10.3 Å². The molecule has 7 rings (SSSR count). The van der Waals surface area contributed by atoms with E-state index >= 15 is 4.39 Å². The molecule has 1 saturated carbocycles. The first-order chi connectivity index (χ1) is 17.7. The van der Waals surface area contributed by atoms with Gasteiger partial charge < -0.3 is 15.0 Å². The zero-order valence-corrected chi connectivity index (χ0v) is 19.8. The number of rotatable bonds is 5. The molecular weight excluding hydrogens is 489 g/mol. The average Bonchev–Trinajstić information content (AvgIpc) is 3.46. The van der Waals surface area contributed by atoms with Gasteiger partial charge in [0.15, 0.2) is 0 Å². The summed E-state index contributed by atoms with van der Waals surface area (Å²) < 4.78 is 77.2. The molecule has 3 aromatic rings. The standard InChI is InChI=1S/C28H24F5N3O/c29-24-8-23(28(31,32)33)21(19-2-1-18(7-25(19)30)36-13-27(14-36)11-34-12-27)5-17(24)10-37-26-6-16-3-15-4-20(15)22(16)9-35-26/h1-2,5-9,15,20,34H,3-4,10-14H2. The Morgan fingerprint density at radius 2 is 1.84 bits per heavy atom. The first-order valence-corrected chi connectivity index (χ1v) is 12.5. The maximum absolute atomic E-state index is 15.2. The number of alkyl halides is 3. The van der Waals surface area contributed by atoms with Gasteiger partial charge in [0.1, 0.15) is 18.2 Å². The molecule has 0 bridgehead atoms. The highest BCUT2D eigenvalue weighted by Crippen LogP contribution is 2.56. The molecule has 192 valence electrons. The van der Waals surface area contributed by atoms with E-state index in [1.165, 1.54) is 24.1 Å². The van der Waals surface area contributed by atoms with Gasteiger partial charge in [-0.15, -0.1) is 0 Å². The summed E-state index contributed by atoms with van der Waals surface area (Å²) in [5, 5.41) is 3.23. The fourth-order valence-corrected chi connectivity index (χ4v) is 6.12. The molecule has 3 fully saturated rings. The molecule has 0 amide bonds. The van der Waals surface area contributed by atoms with Crippen LogP contribution in [0.25, 0.3) is 11.1 Å². The van der Waals surface area contributed by atoms with Crippen molar-refractivity contribution in [2.24, 2.45) is 11.3 Å². The minimum atomic E-state index is -4.86. The molecule has 2 unspecified atom stereocenters. The van der Waals surface area contributed by atoms with Crippen LogP contribution in [-0.4, -0.2) is 31.2 Å². The Balaban J connectivity index is 1.17. The quantitative estimate of drug-likeness (QED) is 0.445. The van der Waals surface area contributed by atoms with E-state index in [9.17, 15) is 17.6 Å². The van der Waals surface area contributed by atoms with Gasteiger partial charge in [0.05, 0.1) is 5.56 Å². The smallest absolute Gasteiger partial charge is 0.417 e. The average molecular weight is 514 g/mol. The van der Waals surface area contributed by atoms with Crippen LogP contribution in [0.4, 0.5) is 27.6 Å². The van der Waals surface area contributed by atoms with E-state index in [0.29, 0.717) is 29.5 Å². The minimum Gasteiger partial charge on any atom is -0.473 e. The Kier molecular flexibility index (Phi) is 4.90. The Labute approximate surface area is 210 Å². The Morgan fingerprint density at radius 3 is 2.54 bits per heavy atom. The van der Waals surface area contributed by atoms with Crippen LogP contribution in [0.2, 0.25) is 0 Å². The van der Waals surface area contributed by atoms with Crippen molar-refractivity contribution in [1.29, 1.82) is 0 Å². The molecule has 2 aliphatic heterocycles. The van der Waals surface area contributed by atoms with Gasteiger partial charge in [0.2, 0.25) is 5.88 Å². The summed E-state index contributed by atoms with van der Waals surface area (Å²) in [6.45, 7) is 3.08. The lowest BCUT2D eigenvalue weighted by Gasteiger charge is -2.57. The van der Waals surface area contributed by atoms with Gasteiger partial charge in [-0.1, -0.05) is 0 Å². The summed E-state index contributed by atoms with van der Waals surface area (Å²) in [6, 6.07) is 7.51. The Morgan fingerprint density at radius 1 is 1.03 bits per heavy atom. The van der Waals surface area contributed by atoms with Crippen LogP contribution in [0.15, 0.2) is 42.6 Å². The summed E-state index contributed by atoms with van der Waals surface area (Å²) in [4.78, 5) is 6.30. The van der Waals surface area contributed by atoms with Crippen molar-refractivity contribution < 1.29 is 26.7 Å². The number of hydrogen-bond acceptors (Lipinski definition) is 4. The molecule has 2 atom stereocenters. The molecule has 1 spiro atoms. The van der Waals surface area contributed by atoms with Gasteiger partial charge in [-0.3, -0.25) is 0 Å². The van der Waals surface area contributed by atoms with E-state index in [1.54, 1.807) is 12.3 Å². The van der Waals surface area contributed by atoms with Crippen LogP contribution in [0.3, 0.4) is 0 Å². The van der Waals surface area contributed by atoms with Crippen LogP contribution < -0.4 is 15.0 Å². The monoisotopic (exact) mass is 513 g/mol. The van der Waals surface area contributed by atoms with E-state index in [4.69, 9.17) is 4.74 Å². The van der Waals surface area contributed by atoms with Gasteiger partial charge in [-0.2, -0.15) is 13.2 Å². The summed E-state index contributed by atoms with van der Waals surface area (Å²) in [7, 11) is 0. The van der Waals surface area contributed by atoms with Gasteiger partial charge in [-0.25, -0.2) is 13.8 Å². The van der Waals surface area contributed by atoms with Crippen molar-refractivity contribution in [2.75, 3.05) is 31.1 Å². The lowest BCUT2D eigenvalue weighted by atomic mass is 9.74. The summed E-state index contributed by atoms with van der Waals surface area (Å²) in [5.74, 6) is -0.306. The second-order valence-corrected chi connectivity index (χ2v) is 10.9. The maximum atomic E-state index is 15.2. The summed E-state index contributed by atoms with van der Waals surface area (Å²) >= 11 is 0. The third-order valence-electron chi connectivity index (χ3n) is 8.33. The second-order valence-electron chi connectivity index (χ2n) is 10.9. The van der Waals surface area contributed by atoms with Gasteiger partial charge >= 0.3 is 6.18 Å². The van der Waals surface area contributed by atoms with Crippen molar-refractivity contribution in [3.63, 3.8) is 0 Å². The molecule has 37 heavy (non-hydrogen) atoms. The lowest BCUT2D eigenvalue weighted by molar-refractivity contribution is -0.137. The molecule has 1 aromatic heterocycles. The molecule has 1 N–H and O–H groups in total. The van der Waals surface area contributed by atoms with E-state index < -0.39 is 28.9 Å². The number of hydrogen-bond donors (Lipinski definition) is 1. The lowest BCUT2D eigenvalue weighted by Crippen LogP contribution is -2.71. The number of benzene rings is 2. The van der Waals surface area contributed by atoms with Crippen molar-refractivity contribution in [3.8, 4) is 17.0 Å². The zero-order valence-electron chi connectivity index (χ0n) is 19.8. The number of halogens is 5. The third-order valence-corrected chi connectivity index (χ3v) is 8.33. The van der Waals surface area contributed by atoms with Crippen LogP contribution in [0.5, 0.6) is 5.88 Å².